The molecular weight excluding hydrogens is 279 g/mol. The first-order valence-electron chi connectivity index (χ1n) is 7.37. The van der Waals surface area contributed by atoms with E-state index in [0.717, 1.165) is 24.2 Å². The summed E-state index contributed by atoms with van der Waals surface area (Å²) in [5.74, 6) is 1.12. The van der Waals surface area contributed by atoms with Crippen molar-refractivity contribution >= 4 is 12.1 Å². The van der Waals surface area contributed by atoms with E-state index in [1.165, 1.54) is 12.1 Å². The molecule has 1 unspecified atom stereocenters. The molecule has 5 heteroatoms. The summed E-state index contributed by atoms with van der Waals surface area (Å²) in [7, 11) is 0. The van der Waals surface area contributed by atoms with E-state index in [1.54, 1.807) is 30.6 Å². The third kappa shape index (κ3) is 2.79. The highest BCUT2D eigenvalue weighted by Gasteiger charge is 2.34. The highest BCUT2D eigenvalue weighted by Crippen LogP contribution is 2.28. The number of aliphatic imine (C=N–C) groups is 2. The lowest BCUT2D eigenvalue weighted by Gasteiger charge is -2.28. The Morgan fingerprint density at radius 1 is 1.14 bits per heavy atom. The van der Waals surface area contributed by atoms with Crippen molar-refractivity contribution in [2.45, 2.75) is 25.2 Å². The lowest BCUT2D eigenvalue weighted by molar-refractivity contribution is 0.503. The van der Waals surface area contributed by atoms with Crippen LogP contribution in [-0.4, -0.2) is 28.6 Å². The maximum absolute atomic E-state index is 13.0. The zero-order chi connectivity index (χ0) is 15.4. The molecule has 0 N–H and O–H groups in total. The van der Waals surface area contributed by atoms with Gasteiger partial charge < -0.3 is 0 Å². The lowest BCUT2D eigenvalue weighted by atomic mass is 9.82. The molecule has 2 aromatic rings. The Kier molecular flexibility index (Phi) is 4.04. The summed E-state index contributed by atoms with van der Waals surface area (Å²) in [5, 5.41) is 0. The third-order valence-corrected chi connectivity index (χ3v) is 3.75. The maximum Gasteiger partial charge on any atom is 0.154 e. The van der Waals surface area contributed by atoms with E-state index < -0.39 is 0 Å². The van der Waals surface area contributed by atoms with Crippen LogP contribution in [0.1, 0.15) is 31.2 Å². The van der Waals surface area contributed by atoms with Crippen LogP contribution in [0.2, 0.25) is 0 Å². The first-order valence-corrected chi connectivity index (χ1v) is 7.37. The molecule has 0 bridgehead atoms. The molecule has 0 radical (unpaired) electrons. The number of halogens is 1. The normalized spacial score (nSPS) is 20.7. The van der Waals surface area contributed by atoms with Crippen molar-refractivity contribution in [1.29, 1.82) is 0 Å². The van der Waals surface area contributed by atoms with Crippen LogP contribution in [-0.2, 0) is 5.41 Å². The molecule has 1 aromatic heterocycles. The van der Waals surface area contributed by atoms with Crippen LogP contribution in [0.15, 0.2) is 52.7 Å². The fourth-order valence-electron chi connectivity index (χ4n) is 2.63. The molecule has 0 saturated carbocycles. The predicted octanol–water partition coefficient (Wildman–Crippen LogP) is 3.18. The molecule has 2 heterocycles. The van der Waals surface area contributed by atoms with E-state index in [1.807, 2.05) is 6.21 Å². The van der Waals surface area contributed by atoms with Gasteiger partial charge in [-0.15, -0.1) is 0 Å². The van der Waals surface area contributed by atoms with Gasteiger partial charge >= 0.3 is 0 Å². The summed E-state index contributed by atoms with van der Waals surface area (Å²) < 4.78 is 13.0. The molecule has 4 nitrogen and oxygen atoms in total. The first kappa shape index (κ1) is 14.5. The molecule has 1 aromatic carbocycles. The number of amidine groups is 1. The Morgan fingerprint density at radius 3 is 2.45 bits per heavy atom. The van der Waals surface area contributed by atoms with Crippen molar-refractivity contribution in [3.8, 4) is 0 Å². The largest absolute Gasteiger partial charge is 0.265 e. The predicted molar refractivity (Wildman–Crippen MR) is 84.9 cm³/mol. The second-order valence-corrected chi connectivity index (χ2v) is 5.38. The van der Waals surface area contributed by atoms with E-state index >= 15 is 0 Å². The van der Waals surface area contributed by atoms with Crippen LogP contribution in [0, 0.1) is 5.82 Å². The summed E-state index contributed by atoms with van der Waals surface area (Å²) in [6, 6.07) is 8.02. The number of aromatic nitrogens is 2. The van der Waals surface area contributed by atoms with Gasteiger partial charge in [0.05, 0.1) is 12.0 Å². The zero-order valence-corrected chi connectivity index (χ0v) is 12.4. The average molecular weight is 296 g/mol. The van der Waals surface area contributed by atoms with Crippen molar-refractivity contribution in [2.75, 3.05) is 6.54 Å². The zero-order valence-electron chi connectivity index (χ0n) is 12.4. The quantitative estimate of drug-likeness (QED) is 0.870. The fourth-order valence-corrected chi connectivity index (χ4v) is 2.63. The van der Waals surface area contributed by atoms with E-state index in [-0.39, 0.29) is 11.2 Å². The molecule has 1 aliphatic rings. The van der Waals surface area contributed by atoms with Crippen LogP contribution in [0.3, 0.4) is 0 Å². The summed E-state index contributed by atoms with van der Waals surface area (Å²) in [4.78, 5) is 17.9. The molecule has 3 rings (SSSR count). The van der Waals surface area contributed by atoms with Crippen molar-refractivity contribution in [3.05, 3.63) is 59.9 Å². The Bertz CT molecular complexity index is 694. The average Bonchev–Trinajstić information content (AvgIpc) is 2.57. The van der Waals surface area contributed by atoms with Crippen molar-refractivity contribution in [2.24, 2.45) is 9.98 Å². The summed E-state index contributed by atoms with van der Waals surface area (Å²) >= 11 is 0. The molecule has 1 aliphatic heterocycles. The minimum absolute atomic E-state index is 0.262. The summed E-state index contributed by atoms with van der Waals surface area (Å²) in [6.07, 6.45) is 7.27. The van der Waals surface area contributed by atoms with Gasteiger partial charge in [-0.3, -0.25) is 4.99 Å². The Labute approximate surface area is 128 Å². The van der Waals surface area contributed by atoms with E-state index in [4.69, 9.17) is 0 Å². The van der Waals surface area contributed by atoms with Gasteiger partial charge in [0.15, 0.2) is 5.84 Å². The summed E-state index contributed by atoms with van der Waals surface area (Å²) in [6.45, 7) is 2.68. The molecule has 0 aliphatic carbocycles. The minimum Gasteiger partial charge on any atom is -0.265 e. The first-order chi connectivity index (χ1) is 10.7. The minimum atomic E-state index is -0.348. The summed E-state index contributed by atoms with van der Waals surface area (Å²) in [5.41, 5.74) is 0.469. The number of rotatable bonds is 4. The Hall–Kier alpha value is -2.43. The van der Waals surface area contributed by atoms with Crippen LogP contribution in [0.5, 0.6) is 0 Å². The smallest absolute Gasteiger partial charge is 0.154 e. The van der Waals surface area contributed by atoms with E-state index in [9.17, 15) is 4.39 Å². The molecule has 22 heavy (non-hydrogen) atoms. The molecule has 112 valence electrons. The maximum atomic E-state index is 13.0. The molecule has 0 saturated heterocycles. The number of hydrogen-bond donors (Lipinski definition) is 0. The van der Waals surface area contributed by atoms with Crippen LogP contribution in [0.4, 0.5) is 4.39 Å². The van der Waals surface area contributed by atoms with Gasteiger partial charge in [-0.25, -0.2) is 19.4 Å². The van der Waals surface area contributed by atoms with Crippen molar-refractivity contribution < 1.29 is 4.39 Å². The molecule has 0 fully saturated rings. The van der Waals surface area contributed by atoms with Gasteiger partial charge in [-0.2, -0.15) is 0 Å². The Morgan fingerprint density at radius 2 is 1.86 bits per heavy atom. The third-order valence-electron chi connectivity index (χ3n) is 3.75. The van der Waals surface area contributed by atoms with Gasteiger partial charge in [-0.05, 0) is 36.8 Å². The van der Waals surface area contributed by atoms with Gasteiger partial charge in [-0.1, -0.05) is 13.3 Å². The number of nitrogens with zero attached hydrogens (tertiary/aromatic N) is 4. The van der Waals surface area contributed by atoms with Crippen LogP contribution >= 0.6 is 0 Å². The van der Waals surface area contributed by atoms with E-state index in [2.05, 4.69) is 26.9 Å². The highest BCUT2D eigenvalue weighted by atomic mass is 19.1. The topological polar surface area (TPSA) is 50.5 Å². The highest BCUT2D eigenvalue weighted by molar-refractivity contribution is 6.05. The molecule has 0 spiro atoms. The number of hydrogen-bond acceptors (Lipinski definition) is 4. The van der Waals surface area contributed by atoms with Gasteiger partial charge in [0.25, 0.3) is 0 Å². The fraction of sp³-hybridized carbons (Fsp3) is 0.294. The van der Waals surface area contributed by atoms with E-state index in [0.29, 0.717) is 12.4 Å². The SMILES string of the molecule is CCCC1(c2ncccn2)C=NC(c2ccc(F)cc2)=NC1. The van der Waals surface area contributed by atoms with Gasteiger partial charge in [0.1, 0.15) is 11.6 Å². The molecule has 0 amide bonds. The lowest BCUT2D eigenvalue weighted by Crippen LogP contribution is -2.36. The van der Waals surface area contributed by atoms with Crippen molar-refractivity contribution in [1.82, 2.24) is 9.97 Å². The van der Waals surface area contributed by atoms with Gasteiger partial charge in [0, 0.05) is 24.2 Å². The Balaban J connectivity index is 1.89. The standard InChI is InChI=1S/C17H17FN4/c1-2-8-17(16-19-9-3-10-20-16)11-21-15(22-12-17)13-4-6-14(18)7-5-13/h3-7,9-11H,2,8,12H2,1H3. The second kappa shape index (κ2) is 6.13. The number of benzene rings is 1. The van der Waals surface area contributed by atoms with Crippen LogP contribution in [0.25, 0.3) is 0 Å². The second-order valence-electron chi connectivity index (χ2n) is 5.38. The van der Waals surface area contributed by atoms with Crippen molar-refractivity contribution in [3.63, 3.8) is 0 Å². The monoisotopic (exact) mass is 296 g/mol. The van der Waals surface area contributed by atoms with Gasteiger partial charge in [0.2, 0.25) is 0 Å². The molecular formula is C17H17FN4. The molecule has 1 atom stereocenters. The van der Waals surface area contributed by atoms with Crippen LogP contribution < -0.4 is 0 Å².